The molecule has 0 heteroatoms. The van der Waals surface area contributed by atoms with Crippen molar-refractivity contribution >= 4 is 5.57 Å². The van der Waals surface area contributed by atoms with Crippen LogP contribution in [0.3, 0.4) is 0 Å². The second-order valence-corrected chi connectivity index (χ2v) is 3.17. The van der Waals surface area contributed by atoms with Crippen molar-refractivity contribution in [1.82, 2.24) is 0 Å². The largest absolute Gasteiger partial charge is 0.0984 e. The van der Waals surface area contributed by atoms with Gasteiger partial charge in [0.25, 0.3) is 0 Å². The summed E-state index contributed by atoms with van der Waals surface area (Å²) in [5.74, 6) is 0. The van der Waals surface area contributed by atoms with Crippen LogP contribution in [0.15, 0.2) is 55.1 Å². The van der Waals surface area contributed by atoms with E-state index in [1.165, 1.54) is 16.7 Å². The van der Waals surface area contributed by atoms with E-state index < -0.39 is 0 Å². The van der Waals surface area contributed by atoms with Crippen LogP contribution in [0.25, 0.3) is 5.57 Å². The number of hydrogen-bond donors (Lipinski definition) is 0. The van der Waals surface area contributed by atoms with Crippen LogP contribution in [0.1, 0.15) is 18.1 Å². The molecule has 0 saturated heterocycles. The molecular weight excluding hydrogens is 168 g/mol. The van der Waals surface area contributed by atoms with Gasteiger partial charge in [-0.05, 0) is 30.5 Å². The summed E-state index contributed by atoms with van der Waals surface area (Å²) in [6, 6.07) is 8.33. The molecule has 0 fully saturated rings. The molecule has 0 aliphatic rings. The molecule has 0 aromatic heterocycles. The molecule has 0 bridgehead atoms. The van der Waals surface area contributed by atoms with Crippen LogP contribution in [0.4, 0.5) is 0 Å². The number of hydrogen-bond acceptors (Lipinski definition) is 0. The van der Waals surface area contributed by atoms with Crippen molar-refractivity contribution in [2.45, 2.75) is 13.8 Å². The molecule has 0 saturated carbocycles. The summed E-state index contributed by atoms with van der Waals surface area (Å²) in [6.45, 7) is 7.95. The molecule has 1 aromatic rings. The molecule has 0 N–H and O–H groups in total. The molecule has 0 atom stereocenters. The van der Waals surface area contributed by atoms with E-state index in [9.17, 15) is 0 Å². The third kappa shape index (κ3) is 2.46. The summed E-state index contributed by atoms with van der Waals surface area (Å²) in [5, 5.41) is 0. The predicted octanol–water partition coefficient (Wildman–Crippen LogP) is 4.14. The average Bonchev–Trinajstić information content (AvgIpc) is 2.21. The van der Waals surface area contributed by atoms with Crippen LogP contribution in [-0.2, 0) is 0 Å². The fourth-order valence-electron chi connectivity index (χ4n) is 1.36. The van der Waals surface area contributed by atoms with Gasteiger partial charge in [-0.1, -0.05) is 55.1 Å². The van der Waals surface area contributed by atoms with E-state index in [1.807, 2.05) is 25.2 Å². The highest BCUT2D eigenvalue weighted by molar-refractivity contribution is 5.76. The van der Waals surface area contributed by atoms with E-state index in [-0.39, 0.29) is 0 Å². The van der Waals surface area contributed by atoms with E-state index in [0.717, 1.165) is 0 Å². The van der Waals surface area contributed by atoms with E-state index in [4.69, 9.17) is 0 Å². The van der Waals surface area contributed by atoms with Gasteiger partial charge in [0.2, 0.25) is 0 Å². The number of benzene rings is 1. The lowest BCUT2D eigenvalue weighted by atomic mass is 10.0. The van der Waals surface area contributed by atoms with Crippen LogP contribution in [0, 0.1) is 6.92 Å². The molecule has 0 heterocycles. The van der Waals surface area contributed by atoms with Crippen LogP contribution in [0.5, 0.6) is 0 Å². The van der Waals surface area contributed by atoms with E-state index in [1.54, 1.807) is 0 Å². The first-order valence-electron chi connectivity index (χ1n) is 4.81. The molecule has 0 aliphatic carbocycles. The SMILES string of the molecule is C=C/C(=C\C=C/C)c1ccccc1C. The third-order valence-corrected chi connectivity index (χ3v) is 2.14. The Morgan fingerprint density at radius 2 is 2.00 bits per heavy atom. The maximum atomic E-state index is 3.83. The summed E-state index contributed by atoms with van der Waals surface area (Å²) in [4.78, 5) is 0. The van der Waals surface area contributed by atoms with Crippen LogP contribution < -0.4 is 0 Å². The Morgan fingerprint density at radius 1 is 1.29 bits per heavy atom. The van der Waals surface area contributed by atoms with Crippen molar-refractivity contribution in [3.63, 3.8) is 0 Å². The van der Waals surface area contributed by atoms with E-state index in [2.05, 4.69) is 43.8 Å². The number of rotatable bonds is 3. The lowest BCUT2D eigenvalue weighted by molar-refractivity contribution is 1.43. The zero-order valence-electron chi connectivity index (χ0n) is 8.83. The lowest BCUT2D eigenvalue weighted by Gasteiger charge is -2.05. The van der Waals surface area contributed by atoms with Gasteiger partial charge >= 0.3 is 0 Å². The van der Waals surface area contributed by atoms with Gasteiger partial charge in [-0.3, -0.25) is 0 Å². The third-order valence-electron chi connectivity index (χ3n) is 2.14. The molecule has 1 aromatic carbocycles. The molecule has 0 aliphatic heterocycles. The van der Waals surface area contributed by atoms with Gasteiger partial charge in [-0.25, -0.2) is 0 Å². The highest BCUT2D eigenvalue weighted by Gasteiger charge is 1.98. The Hall–Kier alpha value is -1.56. The highest BCUT2D eigenvalue weighted by Crippen LogP contribution is 2.19. The van der Waals surface area contributed by atoms with E-state index >= 15 is 0 Å². The zero-order valence-corrected chi connectivity index (χ0v) is 8.83. The molecular formula is C14H16. The Balaban J connectivity index is 3.13. The van der Waals surface area contributed by atoms with Crippen LogP contribution in [-0.4, -0.2) is 0 Å². The van der Waals surface area contributed by atoms with Gasteiger partial charge in [-0.15, -0.1) is 0 Å². The monoisotopic (exact) mass is 184 g/mol. The minimum absolute atomic E-state index is 1.17. The standard InChI is InChI=1S/C14H16/c1-4-6-10-13(5-2)14-11-8-7-9-12(14)3/h4-11H,2H2,1,3H3/b6-4-,13-10+. The van der Waals surface area contributed by atoms with Crippen LogP contribution >= 0.6 is 0 Å². The lowest BCUT2D eigenvalue weighted by Crippen LogP contribution is -1.84. The van der Waals surface area contributed by atoms with Crippen molar-refractivity contribution in [3.05, 3.63) is 66.3 Å². The van der Waals surface area contributed by atoms with Gasteiger partial charge < -0.3 is 0 Å². The first kappa shape index (κ1) is 10.5. The second-order valence-electron chi connectivity index (χ2n) is 3.17. The Bertz CT molecular complexity index is 367. The maximum Gasteiger partial charge on any atom is -0.0155 e. The summed E-state index contributed by atoms with van der Waals surface area (Å²) in [7, 11) is 0. The molecule has 0 spiro atoms. The Morgan fingerprint density at radius 3 is 2.57 bits per heavy atom. The Labute approximate surface area is 86.3 Å². The molecule has 72 valence electrons. The minimum atomic E-state index is 1.17. The number of aryl methyl sites for hydroxylation is 1. The summed E-state index contributed by atoms with van der Waals surface area (Å²) >= 11 is 0. The minimum Gasteiger partial charge on any atom is -0.0984 e. The van der Waals surface area contributed by atoms with Gasteiger partial charge in [0, 0.05) is 0 Å². The fourth-order valence-corrected chi connectivity index (χ4v) is 1.36. The molecule has 0 amide bonds. The molecule has 0 nitrogen and oxygen atoms in total. The van der Waals surface area contributed by atoms with Crippen molar-refractivity contribution in [1.29, 1.82) is 0 Å². The molecule has 0 radical (unpaired) electrons. The average molecular weight is 184 g/mol. The normalized spacial score (nSPS) is 12.0. The first-order valence-corrected chi connectivity index (χ1v) is 4.81. The van der Waals surface area contributed by atoms with Gasteiger partial charge in [0.1, 0.15) is 0 Å². The second kappa shape index (κ2) is 5.23. The summed E-state index contributed by atoms with van der Waals surface area (Å²) in [6.07, 6.45) is 8.02. The van der Waals surface area contributed by atoms with Crippen molar-refractivity contribution in [2.24, 2.45) is 0 Å². The van der Waals surface area contributed by atoms with Crippen molar-refractivity contribution in [3.8, 4) is 0 Å². The smallest absolute Gasteiger partial charge is 0.0155 e. The van der Waals surface area contributed by atoms with Gasteiger partial charge in [0.05, 0.1) is 0 Å². The summed E-state index contributed by atoms with van der Waals surface area (Å²) < 4.78 is 0. The summed E-state index contributed by atoms with van der Waals surface area (Å²) in [5.41, 5.74) is 3.70. The van der Waals surface area contributed by atoms with Gasteiger partial charge in [0.15, 0.2) is 0 Å². The van der Waals surface area contributed by atoms with E-state index in [0.29, 0.717) is 0 Å². The molecule has 14 heavy (non-hydrogen) atoms. The van der Waals surface area contributed by atoms with Crippen LogP contribution in [0.2, 0.25) is 0 Å². The fraction of sp³-hybridized carbons (Fsp3) is 0.143. The Kier molecular flexibility index (Phi) is 3.93. The maximum absolute atomic E-state index is 3.83. The number of allylic oxidation sites excluding steroid dienone is 5. The highest BCUT2D eigenvalue weighted by atomic mass is 14.0. The molecule has 1 rings (SSSR count). The quantitative estimate of drug-likeness (QED) is 0.619. The van der Waals surface area contributed by atoms with Crippen molar-refractivity contribution < 1.29 is 0 Å². The first-order chi connectivity index (χ1) is 6.79. The topological polar surface area (TPSA) is 0 Å². The van der Waals surface area contributed by atoms with Crippen molar-refractivity contribution in [2.75, 3.05) is 0 Å². The van der Waals surface area contributed by atoms with Gasteiger partial charge in [-0.2, -0.15) is 0 Å². The predicted molar refractivity (Wildman–Crippen MR) is 64.2 cm³/mol. The zero-order chi connectivity index (χ0) is 10.4. The molecule has 0 unspecified atom stereocenters.